The monoisotopic (exact) mass is 239 g/mol. The van der Waals surface area contributed by atoms with Gasteiger partial charge >= 0.3 is 0 Å². The maximum Gasteiger partial charge on any atom is 0.164 e. The van der Waals surface area contributed by atoms with Crippen molar-refractivity contribution in [3.05, 3.63) is 65.0 Å². The van der Waals surface area contributed by atoms with Crippen LogP contribution in [0.5, 0.6) is 0 Å². The van der Waals surface area contributed by atoms with Crippen molar-refractivity contribution in [1.29, 1.82) is 0 Å². The van der Waals surface area contributed by atoms with Crippen LogP contribution in [-0.2, 0) is 6.42 Å². The predicted molar refractivity (Wildman–Crippen MR) is 72.8 cm³/mol. The molecular formula is C16H17NO. The predicted octanol–water partition coefficient (Wildman–Crippen LogP) is 3.51. The quantitative estimate of drug-likeness (QED) is 0.764. The van der Waals surface area contributed by atoms with E-state index in [0.29, 0.717) is 12.0 Å². The lowest BCUT2D eigenvalue weighted by atomic mass is 10.0. The van der Waals surface area contributed by atoms with Crippen LogP contribution in [0, 0.1) is 13.8 Å². The fourth-order valence-corrected chi connectivity index (χ4v) is 1.89. The molecule has 0 amide bonds. The minimum absolute atomic E-state index is 0.154. The Morgan fingerprint density at radius 1 is 1.17 bits per heavy atom. The summed E-state index contributed by atoms with van der Waals surface area (Å²) >= 11 is 0. The van der Waals surface area contributed by atoms with Gasteiger partial charge in [0.1, 0.15) is 0 Å². The van der Waals surface area contributed by atoms with Crippen LogP contribution in [0.2, 0.25) is 0 Å². The highest BCUT2D eigenvalue weighted by Crippen LogP contribution is 2.12. The number of carbonyl (C=O) groups is 1. The molecule has 0 radical (unpaired) electrons. The first-order chi connectivity index (χ1) is 8.66. The highest BCUT2D eigenvalue weighted by Gasteiger charge is 2.06. The van der Waals surface area contributed by atoms with Gasteiger partial charge in [0.25, 0.3) is 0 Å². The number of hydrogen-bond donors (Lipinski definition) is 0. The summed E-state index contributed by atoms with van der Waals surface area (Å²) in [7, 11) is 0. The Kier molecular flexibility index (Phi) is 3.88. The third-order valence-electron chi connectivity index (χ3n) is 3.20. The molecular weight excluding hydrogens is 222 g/mol. The lowest BCUT2D eigenvalue weighted by Crippen LogP contribution is -2.01. The Morgan fingerprint density at radius 2 is 2.00 bits per heavy atom. The molecule has 0 saturated heterocycles. The fourth-order valence-electron chi connectivity index (χ4n) is 1.89. The van der Waals surface area contributed by atoms with Gasteiger partial charge in [-0.05, 0) is 49.1 Å². The van der Waals surface area contributed by atoms with Crippen LogP contribution in [0.25, 0.3) is 0 Å². The number of Topliss-reactive ketones (excluding diaryl/α,β-unsaturated/α-hetero) is 1. The molecule has 2 heteroatoms. The van der Waals surface area contributed by atoms with Gasteiger partial charge in [0.15, 0.2) is 5.78 Å². The van der Waals surface area contributed by atoms with Gasteiger partial charge in [0.2, 0.25) is 0 Å². The van der Waals surface area contributed by atoms with Crippen molar-refractivity contribution in [3.8, 4) is 0 Å². The Balaban J connectivity index is 1.99. The summed E-state index contributed by atoms with van der Waals surface area (Å²) < 4.78 is 0. The average molecular weight is 239 g/mol. The summed E-state index contributed by atoms with van der Waals surface area (Å²) in [6.07, 6.45) is 4.63. The largest absolute Gasteiger partial charge is 0.294 e. The zero-order valence-corrected chi connectivity index (χ0v) is 10.8. The molecule has 1 aromatic heterocycles. The molecule has 1 aromatic carbocycles. The van der Waals surface area contributed by atoms with Crippen molar-refractivity contribution in [2.24, 2.45) is 0 Å². The SMILES string of the molecule is Cc1ccc(CCC(=O)c2cccnc2)cc1C. The zero-order valence-electron chi connectivity index (χ0n) is 10.8. The van der Waals surface area contributed by atoms with Crippen LogP contribution in [0.4, 0.5) is 0 Å². The second-order valence-corrected chi connectivity index (χ2v) is 4.58. The number of hydrogen-bond acceptors (Lipinski definition) is 2. The molecule has 0 bridgehead atoms. The Labute approximate surface area is 108 Å². The van der Waals surface area contributed by atoms with Gasteiger partial charge in [0.05, 0.1) is 0 Å². The van der Waals surface area contributed by atoms with E-state index >= 15 is 0 Å². The molecule has 1 heterocycles. The van der Waals surface area contributed by atoms with Crippen LogP contribution >= 0.6 is 0 Å². The molecule has 0 aliphatic rings. The molecule has 0 saturated carbocycles. The van der Waals surface area contributed by atoms with Crippen LogP contribution in [-0.4, -0.2) is 10.8 Å². The summed E-state index contributed by atoms with van der Waals surface area (Å²) in [6.45, 7) is 4.20. The van der Waals surface area contributed by atoms with E-state index in [4.69, 9.17) is 0 Å². The lowest BCUT2D eigenvalue weighted by molar-refractivity contribution is 0.0982. The molecule has 18 heavy (non-hydrogen) atoms. The number of ketones is 1. The third kappa shape index (κ3) is 3.04. The first-order valence-electron chi connectivity index (χ1n) is 6.16. The number of benzene rings is 1. The van der Waals surface area contributed by atoms with Gasteiger partial charge in [-0.2, -0.15) is 0 Å². The topological polar surface area (TPSA) is 30.0 Å². The van der Waals surface area contributed by atoms with Crippen LogP contribution < -0.4 is 0 Å². The molecule has 0 spiro atoms. The molecule has 92 valence electrons. The summed E-state index contributed by atoms with van der Waals surface area (Å²) in [4.78, 5) is 15.9. The van der Waals surface area contributed by atoms with E-state index in [1.165, 1.54) is 16.7 Å². The first-order valence-corrected chi connectivity index (χ1v) is 6.16. The summed E-state index contributed by atoms with van der Waals surface area (Å²) in [5, 5.41) is 0. The smallest absolute Gasteiger partial charge is 0.164 e. The van der Waals surface area contributed by atoms with Gasteiger partial charge in [-0.1, -0.05) is 18.2 Å². The van der Waals surface area contributed by atoms with Gasteiger partial charge < -0.3 is 0 Å². The Hall–Kier alpha value is -1.96. The first kappa shape index (κ1) is 12.5. The number of nitrogens with zero attached hydrogens (tertiary/aromatic N) is 1. The van der Waals surface area contributed by atoms with Crippen molar-refractivity contribution in [2.45, 2.75) is 26.7 Å². The van der Waals surface area contributed by atoms with E-state index in [1.807, 2.05) is 6.07 Å². The zero-order chi connectivity index (χ0) is 13.0. The number of aryl methyl sites for hydroxylation is 3. The van der Waals surface area contributed by atoms with E-state index in [2.05, 4.69) is 37.0 Å². The van der Waals surface area contributed by atoms with Crippen molar-refractivity contribution in [3.63, 3.8) is 0 Å². The van der Waals surface area contributed by atoms with Crippen molar-refractivity contribution >= 4 is 5.78 Å². The number of carbonyl (C=O) groups excluding carboxylic acids is 1. The van der Waals surface area contributed by atoms with E-state index in [9.17, 15) is 4.79 Å². The fraction of sp³-hybridized carbons (Fsp3) is 0.250. The number of aromatic nitrogens is 1. The second kappa shape index (κ2) is 5.58. The average Bonchev–Trinajstić information content (AvgIpc) is 2.41. The van der Waals surface area contributed by atoms with Gasteiger partial charge in [0, 0.05) is 24.4 Å². The van der Waals surface area contributed by atoms with E-state index in [0.717, 1.165) is 6.42 Å². The number of rotatable bonds is 4. The van der Waals surface area contributed by atoms with E-state index in [1.54, 1.807) is 18.5 Å². The molecule has 0 aliphatic carbocycles. The molecule has 2 rings (SSSR count). The molecule has 0 N–H and O–H groups in total. The standard InChI is InChI=1S/C16H17NO/c1-12-5-6-14(10-13(12)2)7-8-16(18)15-4-3-9-17-11-15/h3-6,9-11H,7-8H2,1-2H3. The molecule has 2 nitrogen and oxygen atoms in total. The third-order valence-corrected chi connectivity index (χ3v) is 3.20. The highest BCUT2D eigenvalue weighted by molar-refractivity contribution is 5.95. The van der Waals surface area contributed by atoms with Crippen molar-refractivity contribution in [1.82, 2.24) is 4.98 Å². The van der Waals surface area contributed by atoms with E-state index in [-0.39, 0.29) is 5.78 Å². The molecule has 0 aliphatic heterocycles. The van der Waals surface area contributed by atoms with Gasteiger partial charge in [-0.25, -0.2) is 0 Å². The highest BCUT2D eigenvalue weighted by atomic mass is 16.1. The van der Waals surface area contributed by atoms with Crippen molar-refractivity contribution in [2.75, 3.05) is 0 Å². The van der Waals surface area contributed by atoms with Gasteiger partial charge in [-0.15, -0.1) is 0 Å². The summed E-state index contributed by atoms with van der Waals surface area (Å²) in [5.74, 6) is 0.154. The summed E-state index contributed by atoms with van der Waals surface area (Å²) in [5.41, 5.74) is 4.48. The van der Waals surface area contributed by atoms with Crippen LogP contribution in [0.3, 0.4) is 0 Å². The molecule has 2 aromatic rings. The number of pyridine rings is 1. The molecule has 0 unspecified atom stereocenters. The minimum Gasteiger partial charge on any atom is -0.294 e. The maximum absolute atomic E-state index is 11.9. The minimum atomic E-state index is 0.154. The second-order valence-electron chi connectivity index (χ2n) is 4.58. The van der Waals surface area contributed by atoms with Crippen LogP contribution in [0.1, 0.15) is 33.5 Å². The molecule has 0 fully saturated rings. The van der Waals surface area contributed by atoms with Gasteiger partial charge in [-0.3, -0.25) is 9.78 Å². The Bertz CT molecular complexity index is 546. The van der Waals surface area contributed by atoms with Crippen LogP contribution in [0.15, 0.2) is 42.7 Å². The Morgan fingerprint density at radius 3 is 2.67 bits per heavy atom. The van der Waals surface area contributed by atoms with E-state index < -0.39 is 0 Å². The molecule has 0 atom stereocenters. The summed E-state index contributed by atoms with van der Waals surface area (Å²) in [6, 6.07) is 9.98. The van der Waals surface area contributed by atoms with Crippen molar-refractivity contribution < 1.29 is 4.79 Å². The maximum atomic E-state index is 11.9. The lowest BCUT2D eigenvalue weighted by Gasteiger charge is -2.05. The normalized spacial score (nSPS) is 10.3.